The van der Waals surface area contributed by atoms with Gasteiger partial charge >= 0.3 is 0 Å². The first-order chi connectivity index (χ1) is 13.1. The van der Waals surface area contributed by atoms with E-state index >= 15 is 0 Å². The molecule has 2 aromatic rings. The first-order valence-corrected chi connectivity index (χ1v) is 9.53. The second-order valence-electron chi connectivity index (χ2n) is 5.80. The molecule has 2 aromatic carbocycles. The smallest absolute Gasteiger partial charge is 0.220 e. The fourth-order valence-corrected chi connectivity index (χ4v) is 2.61. The van der Waals surface area contributed by atoms with E-state index in [1.807, 2.05) is 32.0 Å². The number of amides is 1. The number of rotatable bonds is 11. The van der Waals surface area contributed by atoms with Gasteiger partial charge in [-0.2, -0.15) is 0 Å². The number of benzene rings is 2. The molecule has 0 saturated heterocycles. The minimum Gasteiger partial charge on any atom is -0.492 e. The highest BCUT2D eigenvalue weighted by molar-refractivity contribution is 6.30. The molecule has 0 spiro atoms. The van der Waals surface area contributed by atoms with E-state index in [1.54, 1.807) is 24.3 Å². The van der Waals surface area contributed by atoms with E-state index in [9.17, 15) is 4.79 Å². The van der Waals surface area contributed by atoms with Crippen molar-refractivity contribution in [2.24, 2.45) is 0 Å². The molecule has 0 saturated carbocycles. The SMILES string of the molecule is CCOc1ccc(CCC(=O)NCCOc2ccc(Cl)cc2)cc1OCC. The van der Waals surface area contributed by atoms with Gasteiger partial charge in [-0.25, -0.2) is 0 Å². The fourth-order valence-electron chi connectivity index (χ4n) is 2.49. The molecule has 0 aliphatic rings. The van der Waals surface area contributed by atoms with Crippen molar-refractivity contribution in [2.75, 3.05) is 26.4 Å². The number of halogens is 1. The lowest BCUT2D eigenvalue weighted by Crippen LogP contribution is -2.28. The lowest BCUT2D eigenvalue weighted by molar-refractivity contribution is -0.121. The number of nitrogens with one attached hydrogen (secondary N) is 1. The van der Waals surface area contributed by atoms with Crippen molar-refractivity contribution < 1.29 is 19.0 Å². The third-order valence-corrected chi connectivity index (χ3v) is 4.01. The van der Waals surface area contributed by atoms with Gasteiger partial charge in [-0.15, -0.1) is 0 Å². The monoisotopic (exact) mass is 391 g/mol. The molecule has 5 nitrogen and oxygen atoms in total. The third-order valence-electron chi connectivity index (χ3n) is 3.76. The zero-order chi connectivity index (χ0) is 19.5. The quantitative estimate of drug-likeness (QED) is 0.581. The van der Waals surface area contributed by atoms with Gasteiger partial charge in [-0.1, -0.05) is 17.7 Å². The molecule has 0 aromatic heterocycles. The average Bonchev–Trinajstić information content (AvgIpc) is 2.67. The van der Waals surface area contributed by atoms with Crippen LogP contribution in [0.2, 0.25) is 5.02 Å². The fraction of sp³-hybridized carbons (Fsp3) is 0.381. The topological polar surface area (TPSA) is 56.8 Å². The van der Waals surface area contributed by atoms with Crippen LogP contribution < -0.4 is 19.5 Å². The van der Waals surface area contributed by atoms with Gasteiger partial charge < -0.3 is 19.5 Å². The van der Waals surface area contributed by atoms with E-state index in [0.717, 1.165) is 17.1 Å². The van der Waals surface area contributed by atoms with Crippen LogP contribution in [0.25, 0.3) is 0 Å². The molecule has 0 radical (unpaired) electrons. The first kappa shape index (κ1) is 20.9. The summed E-state index contributed by atoms with van der Waals surface area (Å²) in [5, 5.41) is 3.52. The average molecular weight is 392 g/mol. The van der Waals surface area contributed by atoms with Crippen LogP contribution in [0.1, 0.15) is 25.8 Å². The second-order valence-corrected chi connectivity index (χ2v) is 6.24. The number of carbonyl (C=O) groups is 1. The summed E-state index contributed by atoms with van der Waals surface area (Å²) < 4.78 is 16.7. The Morgan fingerprint density at radius 3 is 2.37 bits per heavy atom. The van der Waals surface area contributed by atoms with Crippen LogP contribution in [-0.2, 0) is 11.2 Å². The summed E-state index contributed by atoms with van der Waals surface area (Å²) in [4.78, 5) is 12.0. The summed E-state index contributed by atoms with van der Waals surface area (Å²) >= 11 is 5.82. The molecule has 0 heterocycles. The molecule has 0 aliphatic heterocycles. The molecule has 0 bridgehead atoms. The molecule has 1 N–H and O–H groups in total. The van der Waals surface area contributed by atoms with E-state index in [-0.39, 0.29) is 5.91 Å². The molecule has 0 atom stereocenters. The maximum atomic E-state index is 12.0. The first-order valence-electron chi connectivity index (χ1n) is 9.16. The third kappa shape index (κ3) is 7.39. The summed E-state index contributed by atoms with van der Waals surface area (Å²) in [6, 6.07) is 12.9. The zero-order valence-electron chi connectivity index (χ0n) is 15.8. The van der Waals surface area contributed by atoms with Crippen LogP contribution in [0, 0.1) is 0 Å². The Morgan fingerprint density at radius 2 is 1.67 bits per heavy atom. The van der Waals surface area contributed by atoms with Crippen LogP contribution >= 0.6 is 11.6 Å². The predicted octanol–water partition coefficient (Wildman–Crippen LogP) is 4.27. The van der Waals surface area contributed by atoms with Gasteiger partial charge in [0.05, 0.1) is 19.8 Å². The van der Waals surface area contributed by atoms with Gasteiger partial charge in [-0.3, -0.25) is 4.79 Å². The van der Waals surface area contributed by atoms with E-state index in [0.29, 0.717) is 50.0 Å². The molecule has 0 fully saturated rings. The van der Waals surface area contributed by atoms with Crippen molar-refractivity contribution in [2.45, 2.75) is 26.7 Å². The molecule has 27 heavy (non-hydrogen) atoms. The van der Waals surface area contributed by atoms with Crippen LogP contribution in [0.3, 0.4) is 0 Å². The molecule has 0 aliphatic carbocycles. The normalized spacial score (nSPS) is 10.3. The van der Waals surface area contributed by atoms with Crippen molar-refractivity contribution in [1.29, 1.82) is 0 Å². The molecule has 2 rings (SSSR count). The summed E-state index contributed by atoms with van der Waals surface area (Å²) in [7, 11) is 0. The lowest BCUT2D eigenvalue weighted by atomic mass is 10.1. The van der Waals surface area contributed by atoms with Gasteiger partial charge in [0.15, 0.2) is 11.5 Å². The van der Waals surface area contributed by atoms with Crippen LogP contribution in [0.4, 0.5) is 0 Å². The molecule has 146 valence electrons. The molecule has 0 unspecified atom stereocenters. The van der Waals surface area contributed by atoms with E-state index in [4.69, 9.17) is 25.8 Å². The zero-order valence-corrected chi connectivity index (χ0v) is 16.6. The Labute approximate surface area is 165 Å². The van der Waals surface area contributed by atoms with Gasteiger partial charge in [0.1, 0.15) is 12.4 Å². The van der Waals surface area contributed by atoms with Gasteiger partial charge in [-0.05, 0) is 62.2 Å². The van der Waals surface area contributed by atoms with Crippen LogP contribution in [-0.4, -0.2) is 32.3 Å². The Morgan fingerprint density at radius 1 is 0.963 bits per heavy atom. The largest absolute Gasteiger partial charge is 0.492 e. The Balaban J connectivity index is 1.73. The molecular formula is C21H26ClNO4. The number of carbonyl (C=O) groups excluding carboxylic acids is 1. The second kappa shape index (κ2) is 11.3. The van der Waals surface area contributed by atoms with Crippen molar-refractivity contribution in [3.8, 4) is 17.2 Å². The maximum absolute atomic E-state index is 12.0. The Bertz CT molecular complexity index is 719. The standard InChI is InChI=1S/C21H26ClNO4/c1-3-25-19-11-5-16(15-20(19)26-4-2)6-12-21(24)23-13-14-27-18-9-7-17(22)8-10-18/h5,7-11,15H,3-4,6,12-14H2,1-2H3,(H,23,24). The minimum absolute atomic E-state index is 0.0125. The molecular weight excluding hydrogens is 366 g/mol. The minimum atomic E-state index is -0.0125. The lowest BCUT2D eigenvalue weighted by Gasteiger charge is -2.12. The Kier molecular flexibility index (Phi) is 8.78. The number of hydrogen-bond acceptors (Lipinski definition) is 4. The van der Waals surface area contributed by atoms with E-state index in [2.05, 4.69) is 5.32 Å². The highest BCUT2D eigenvalue weighted by Gasteiger charge is 2.08. The number of ether oxygens (including phenoxy) is 3. The van der Waals surface area contributed by atoms with Crippen molar-refractivity contribution >= 4 is 17.5 Å². The van der Waals surface area contributed by atoms with Gasteiger partial charge in [0.25, 0.3) is 0 Å². The number of hydrogen-bond donors (Lipinski definition) is 1. The van der Waals surface area contributed by atoms with Gasteiger partial charge in [0.2, 0.25) is 5.91 Å². The summed E-state index contributed by atoms with van der Waals surface area (Å²) in [6.07, 6.45) is 1.04. The summed E-state index contributed by atoms with van der Waals surface area (Å²) in [6.45, 7) is 5.88. The van der Waals surface area contributed by atoms with Crippen molar-refractivity contribution in [3.05, 3.63) is 53.1 Å². The van der Waals surface area contributed by atoms with Crippen LogP contribution in [0.15, 0.2) is 42.5 Å². The summed E-state index contributed by atoms with van der Waals surface area (Å²) in [5.74, 6) is 2.16. The van der Waals surface area contributed by atoms with Crippen molar-refractivity contribution in [3.63, 3.8) is 0 Å². The Hall–Kier alpha value is -2.40. The predicted molar refractivity (Wildman–Crippen MR) is 107 cm³/mol. The van der Waals surface area contributed by atoms with Gasteiger partial charge in [0, 0.05) is 11.4 Å². The van der Waals surface area contributed by atoms with E-state index < -0.39 is 0 Å². The van der Waals surface area contributed by atoms with Crippen LogP contribution in [0.5, 0.6) is 17.2 Å². The molecule has 1 amide bonds. The number of aryl methyl sites for hydroxylation is 1. The highest BCUT2D eigenvalue weighted by Crippen LogP contribution is 2.29. The molecule has 6 heteroatoms. The summed E-state index contributed by atoms with van der Waals surface area (Å²) in [5.41, 5.74) is 1.04. The van der Waals surface area contributed by atoms with Crippen molar-refractivity contribution in [1.82, 2.24) is 5.32 Å². The highest BCUT2D eigenvalue weighted by atomic mass is 35.5. The maximum Gasteiger partial charge on any atom is 0.220 e. The van der Waals surface area contributed by atoms with E-state index in [1.165, 1.54) is 0 Å².